The second-order valence-corrected chi connectivity index (χ2v) is 7.14. The number of alkyl halides is 3. The van der Waals surface area contributed by atoms with Crippen molar-refractivity contribution in [3.05, 3.63) is 53.6 Å². The first-order chi connectivity index (χ1) is 14.4. The molecule has 1 aromatic carbocycles. The second kappa shape index (κ2) is 7.92. The molecule has 2 aromatic heterocycles. The number of hydrogen-bond acceptors (Lipinski definition) is 5. The minimum absolute atomic E-state index is 0.103. The number of piperidine rings is 1. The van der Waals surface area contributed by atoms with Gasteiger partial charge in [0.25, 0.3) is 11.6 Å². The molecule has 1 aliphatic heterocycles. The lowest BCUT2D eigenvalue weighted by molar-refractivity contribution is -0.144. The van der Waals surface area contributed by atoms with E-state index in [4.69, 9.17) is 4.74 Å². The summed E-state index contributed by atoms with van der Waals surface area (Å²) in [7, 11) is 1.56. The van der Waals surface area contributed by atoms with Gasteiger partial charge in [-0.1, -0.05) is 12.1 Å². The molecule has 30 heavy (non-hydrogen) atoms. The van der Waals surface area contributed by atoms with Crippen molar-refractivity contribution in [3.8, 4) is 5.75 Å². The molecular weight excluding hydrogens is 399 g/mol. The molecule has 0 radical (unpaired) electrons. The molecule has 0 saturated carbocycles. The Morgan fingerprint density at radius 3 is 2.87 bits per heavy atom. The zero-order valence-corrected chi connectivity index (χ0v) is 16.3. The van der Waals surface area contributed by atoms with Crippen molar-refractivity contribution in [2.45, 2.75) is 37.9 Å². The molecule has 1 amide bonds. The van der Waals surface area contributed by atoms with Crippen LogP contribution in [0.4, 0.5) is 13.2 Å². The largest absolute Gasteiger partial charge is 0.497 e. The molecule has 0 aliphatic carbocycles. The Labute approximate surface area is 170 Å². The number of likely N-dealkylation sites (tertiary alicyclic amines) is 1. The molecule has 3 heterocycles. The second-order valence-electron chi connectivity index (χ2n) is 7.14. The summed E-state index contributed by atoms with van der Waals surface area (Å²) in [6.45, 7) is 0.526. The fraction of sp³-hybridized carbons (Fsp3) is 0.400. The zero-order chi connectivity index (χ0) is 21.3. The van der Waals surface area contributed by atoms with Gasteiger partial charge in [0.05, 0.1) is 25.3 Å². The smallest absolute Gasteiger partial charge is 0.453 e. The van der Waals surface area contributed by atoms with Crippen LogP contribution in [0.5, 0.6) is 5.75 Å². The number of aromatic nitrogens is 4. The summed E-state index contributed by atoms with van der Waals surface area (Å²) in [5.74, 6) is -0.819. The number of methoxy groups -OCH3 is 1. The lowest BCUT2D eigenvalue weighted by Gasteiger charge is -2.36. The molecule has 0 bridgehead atoms. The standard InChI is InChI=1S/C20H20F3N5O2/c1-30-14-6-4-5-13(11-14)12-17(29)27-10-3-2-7-15(27)16-8-9-24-19-25-18(20(21,22)23)26-28(16)19/h4-6,8-9,11,15H,2-3,7,10,12H2,1H3/t15-/m0/s1. The van der Waals surface area contributed by atoms with Crippen LogP contribution in [-0.2, 0) is 17.4 Å². The van der Waals surface area contributed by atoms with E-state index in [2.05, 4.69) is 15.1 Å². The summed E-state index contributed by atoms with van der Waals surface area (Å²) in [6, 6.07) is 8.46. The fourth-order valence-electron chi connectivity index (χ4n) is 3.78. The number of carbonyl (C=O) groups excluding carboxylic acids is 1. The molecule has 1 fully saturated rings. The Hall–Kier alpha value is -3.17. The molecule has 3 aromatic rings. The van der Waals surface area contributed by atoms with Crippen molar-refractivity contribution in [2.24, 2.45) is 0 Å². The van der Waals surface area contributed by atoms with Crippen molar-refractivity contribution in [1.82, 2.24) is 24.5 Å². The van der Waals surface area contributed by atoms with Crippen LogP contribution in [0, 0.1) is 0 Å². The summed E-state index contributed by atoms with van der Waals surface area (Å²) >= 11 is 0. The van der Waals surface area contributed by atoms with Crippen molar-refractivity contribution >= 4 is 11.7 Å². The van der Waals surface area contributed by atoms with Crippen LogP contribution in [0.2, 0.25) is 0 Å². The Morgan fingerprint density at radius 2 is 2.10 bits per heavy atom. The van der Waals surface area contributed by atoms with Crippen molar-refractivity contribution < 1.29 is 22.7 Å². The van der Waals surface area contributed by atoms with E-state index in [1.165, 1.54) is 6.20 Å². The third kappa shape index (κ3) is 3.94. The first kappa shape index (κ1) is 20.1. The summed E-state index contributed by atoms with van der Waals surface area (Å²) in [4.78, 5) is 22.2. The number of rotatable bonds is 4. The van der Waals surface area contributed by atoms with Gasteiger partial charge in [0, 0.05) is 12.7 Å². The predicted octanol–water partition coefficient (Wildman–Crippen LogP) is 3.45. The monoisotopic (exact) mass is 419 g/mol. The van der Waals surface area contributed by atoms with E-state index < -0.39 is 18.0 Å². The molecule has 10 heteroatoms. The fourth-order valence-corrected chi connectivity index (χ4v) is 3.78. The molecule has 0 unspecified atom stereocenters. The van der Waals surface area contributed by atoms with E-state index in [0.717, 1.165) is 22.9 Å². The van der Waals surface area contributed by atoms with Crippen molar-refractivity contribution in [3.63, 3.8) is 0 Å². The van der Waals surface area contributed by atoms with Gasteiger partial charge in [0.15, 0.2) is 0 Å². The molecule has 1 atom stereocenters. The minimum Gasteiger partial charge on any atom is -0.497 e. The van der Waals surface area contributed by atoms with Gasteiger partial charge in [0.1, 0.15) is 5.75 Å². The van der Waals surface area contributed by atoms with E-state index in [-0.39, 0.29) is 18.1 Å². The van der Waals surface area contributed by atoms with Crippen LogP contribution in [0.15, 0.2) is 36.5 Å². The van der Waals surface area contributed by atoms with Crippen molar-refractivity contribution in [2.75, 3.05) is 13.7 Å². The molecule has 7 nitrogen and oxygen atoms in total. The molecule has 0 spiro atoms. The Bertz CT molecular complexity index is 1070. The third-order valence-electron chi connectivity index (χ3n) is 5.18. The molecule has 0 N–H and O–H groups in total. The van der Waals surface area contributed by atoms with Crippen LogP contribution in [-0.4, -0.2) is 44.0 Å². The van der Waals surface area contributed by atoms with Crippen LogP contribution >= 0.6 is 0 Å². The van der Waals surface area contributed by atoms with E-state index in [1.807, 2.05) is 12.1 Å². The van der Waals surface area contributed by atoms with Gasteiger partial charge < -0.3 is 9.64 Å². The van der Waals surface area contributed by atoms with Gasteiger partial charge in [-0.2, -0.15) is 22.7 Å². The van der Waals surface area contributed by atoms with E-state index in [1.54, 1.807) is 30.2 Å². The highest BCUT2D eigenvalue weighted by Gasteiger charge is 2.37. The molecular formula is C20H20F3N5O2. The first-order valence-corrected chi connectivity index (χ1v) is 9.58. The Morgan fingerprint density at radius 1 is 1.27 bits per heavy atom. The number of benzene rings is 1. The maximum atomic E-state index is 13.1. The predicted molar refractivity (Wildman–Crippen MR) is 101 cm³/mol. The molecule has 1 saturated heterocycles. The van der Waals surface area contributed by atoms with Crippen LogP contribution in [0.25, 0.3) is 5.78 Å². The van der Waals surface area contributed by atoms with Gasteiger partial charge in [-0.05, 0) is 43.0 Å². The lowest BCUT2D eigenvalue weighted by atomic mass is 9.98. The highest BCUT2D eigenvalue weighted by Crippen LogP contribution is 2.33. The maximum Gasteiger partial charge on any atom is 0.453 e. The number of nitrogens with zero attached hydrogens (tertiary/aromatic N) is 5. The maximum absolute atomic E-state index is 13.1. The normalized spacial score (nSPS) is 17.3. The number of carbonyl (C=O) groups is 1. The van der Waals surface area contributed by atoms with Gasteiger partial charge in [-0.3, -0.25) is 4.79 Å². The van der Waals surface area contributed by atoms with Gasteiger partial charge >= 0.3 is 6.18 Å². The van der Waals surface area contributed by atoms with Gasteiger partial charge in [0.2, 0.25) is 5.91 Å². The average molecular weight is 419 g/mol. The van der Waals surface area contributed by atoms with Crippen LogP contribution in [0.1, 0.15) is 42.4 Å². The summed E-state index contributed by atoms with van der Waals surface area (Å²) in [5.41, 5.74) is 1.28. The molecule has 158 valence electrons. The average Bonchev–Trinajstić information content (AvgIpc) is 3.19. The quantitative estimate of drug-likeness (QED) is 0.648. The SMILES string of the molecule is COc1cccc(CC(=O)N2CCCC[C@H]2c2ccnc3nc(C(F)(F)F)nn23)c1. The summed E-state index contributed by atoms with van der Waals surface area (Å²) < 4.78 is 45.5. The summed E-state index contributed by atoms with van der Waals surface area (Å²) in [5, 5.41) is 3.62. The lowest BCUT2D eigenvalue weighted by Crippen LogP contribution is -2.40. The number of ether oxygens (including phenoxy) is 1. The van der Waals surface area contributed by atoms with Crippen LogP contribution in [0.3, 0.4) is 0 Å². The first-order valence-electron chi connectivity index (χ1n) is 9.58. The molecule has 4 rings (SSSR count). The number of amides is 1. The highest BCUT2D eigenvalue weighted by molar-refractivity contribution is 5.79. The topological polar surface area (TPSA) is 72.6 Å². The Balaban J connectivity index is 1.65. The van der Waals surface area contributed by atoms with Crippen LogP contribution < -0.4 is 4.74 Å². The minimum atomic E-state index is -4.67. The molecule has 1 aliphatic rings. The number of halogens is 3. The van der Waals surface area contributed by atoms with Crippen molar-refractivity contribution in [1.29, 1.82) is 0 Å². The van der Waals surface area contributed by atoms with E-state index in [0.29, 0.717) is 24.4 Å². The van der Waals surface area contributed by atoms with Gasteiger partial charge in [-0.25, -0.2) is 4.98 Å². The Kier molecular flexibility index (Phi) is 5.31. The number of fused-ring (bicyclic) bond motifs is 1. The van der Waals surface area contributed by atoms with E-state index >= 15 is 0 Å². The number of hydrogen-bond donors (Lipinski definition) is 0. The van der Waals surface area contributed by atoms with Gasteiger partial charge in [-0.15, -0.1) is 5.10 Å². The highest BCUT2D eigenvalue weighted by atomic mass is 19.4. The third-order valence-corrected chi connectivity index (χ3v) is 5.18. The zero-order valence-electron chi connectivity index (χ0n) is 16.3. The summed E-state index contributed by atoms with van der Waals surface area (Å²) in [6.07, 6.45) is -0.770. The van der Waals surface area contributed by atoms with E-state index in [9.17, 15) is 18.0 Å².